The molecule has 0 saturated heterocycles. The Labute approximate surface area is 132 Å². The minimum atomic E-state index is 0.688. The van der Waals surface area contributed by atoms with Crippen molar-refractivity contribution in [2.45, 2.75) is 77.6 Å². The maximum atomic E-state index is 3.60. The molecule has 1 unspecified atom stereocenters. The van der Waals surface area contributed by atoms with Crippen molar-refractivity contribution in [3.8, 4) is 0 Å². The van der Waals surface area contributed by atoms with Gasteiger partial charge >= 0.3 is 0 Å². The summed E-state index contributed by atoms with van der Waals surface area (Å²) in [4.78, 5) is 0. The highest BCUT2D eigenvalue weighted by atomic mass is 14.8. The summed E-state index contributed by atoms with van der Waals surface area (Å²) in [5, 5.41) is 3.60. The van der Waals surface area contributed by atoms with E-state index in [0.29, 0.717) is 5.92 Å². The Morgan fingerprint density at radius 1 is 0.810 bits per heavy atom. The van der Waals surface area contributed by atoms with E-state index in [-0.39, 0.29) is 0 Å². The normalized spacial score (nSPS) is 12.5. The highest BCUT2D eigenvalue weighted by Crippen LogP contribution is 2.22. The van der Waals surface area contributed by atoms with Crippen molar-refractivity contribution < 1.29 is 0 Å². The number of hydrogen-bond acceptors (Lipinski definition) is 1. The summed E-state index contributed by atoms with van der Waals surface area (Å²) >= 11 is 0. The average Bonchev–Trinajstić information content (AvgIpc) is 2.53. The second-order valence-electron chi connectivity index (χ2n) is 6.22. The monoisotopic (exact) mass is 289 g/mol. The first-order chi connectivity index (χ1) is 10.4. The molecule has 120 valence electrons. The lowest BCUT2D eigenvalue weighted by Crippen LogP contribution is -2.22. The van der Waals surface area contributed by atoms with Crippen molar-refractivity contribution in [2.24, 2.45) is 0 Å². The van der Waals surface area contributed by atoms with Gasteiger partial charge in [0.25, 0.3) is 0 Å². The average molecular weight is 290 g/mol. The standard InChI is InChI=1S/C20H35N/c1-3-5-6-7-8-9-11-16-20(18-21-17-4-2)19-14-12-10-13-15-19/h10,12-15,20-21H,3-9,11,16-18H2,1-2H3. The summed E-state index contributed by atoms with van der Waals surface area (Å²) in [6.07, 6.45) is 12.4. The third-order valence-corrected chi connectivity index (χ3v) is 4.24. The van der Waals surface area contributed by atoms with Crippen LogP contribution in [-0.4, -0.2) is 13.1 Å². The lowest BCUT2D eigenvalue weighted by atomic mass is 9.92. The molecule has 0 aliphatic carbocycles. The van der Waals surface area contributed by atoms with Gasteiger partial charge in [-0.1, -0.05) is 89.1 Å². The van der Waals surface area contributed by atoms with Crippen molar-refractivity contribution >= 4 is 0 Å². The number of benzene rings is 1. The van der Waals surface area contributed by atoms with Crippen LogP contribution in [0.3, 0.4) is 0 Å². The van der Waals surface area contributed by atoms with Crippen molar-refractivity contribution in [1.29, 1.82) is 0 Å². The van der Waals surface area contributed by atoms with E-state index in [4.69, 9.17) is 0 Å². The molecular formula is C20H35N. The van der Waals surface area contributed by atoms with Gasteiger partial charge in [-0.2, -0.15) is 0 Å². The first-order valence-corrected chi connectivity index (χ1v) is 9.14. The zero-order valence-corrected chi connectivity index (χ0v) is 14.2. The quantitative estimate of drug-likeness (QED) is 0.445. The van der Waals surface area contributed by atoms with Crippen molar-refractivity contribution in [1.82, 2.24) is 5.32 Å². The molecule has 1 rings (SSSR count). The van der Waals surface area contributed by atoms with Crippen LogP contribution in [0.15, 0.2) is 30.3 Å². The smallest absolute Gasteiger partial charge is 0.00201 e. The van der Waals surface area contributed by atoms with Crippen LogP contribution in [0.1, 0.15) is 83.1 Å². The van der Waals surface area contributed by atoms with Crippen LogP contribution in [0.25, 0.3) is 0 Å². The molecule has 0 aliphatic rings. The van der Waals surface area contributed by atoms with Gasteiger partial charge < -0.3 is 5.32 Å². The molecule has 0 saturated carbocycles. The van der Waals surface area contributed by atoms with Gasteiger partial charge in [-0.3, -0.25) is 0 Å². The summed E-state index contributed by atoms with van der Waals surface area (Å²) < 4.78 is 0. The molecule has 0 aliphatic heterocycles. The highest BCUT2D eigenvalue weighted by molar-refractivity contribution is 5.19. The van der Waals surface area contributed by atoms with Gasteiger partial charge in [0.1, 0.15) is 0 Å². The molecule has 1 heteroatoms. The zero-order chi connectivity index (χ0) is 15.2. The molecule has 1 nitrogen and oxygen atoms in total. The molecule has 1 aromatic carbocycles. The van der Waals surface area contributed by atoms with E-state index in [1.54, 1.807) is 0 Å². The SMILES string of the molecule is CCCCCCCCCC(CNCCC)c1ccccc1. The van der Waals surface area contributed by atoms with Crippen LogP contribution in [-0.2, 0) is 0 Å². The van der Waals surface area contributed by atoms with Gasteiger partial charge in [0.2, 0.25) is 0 Å². The first-order valence-electron chi connectivity index (χ1n) is 9.14. The summed E-state index contributed by atoms with van der Waals surface area (Å²) in [5.41, 5.74) is 1.51. The maximum Gasteiger partial charge on any atom is 0.00201 e. The number of hydrogen-bond donors (Lipinski definition) is 1. The molecule has 1 atom stereocenters. The van der Waals surface area contributed by atoms with E-state index < -0.39 is 0 Å². The topological polar surface area (TPSA) is 12.0 Å². The molecule has 0 bridgehead atoms. The van der Waals surface area contributed by atoms with Gasteiger partial charge in [0, 0.05) is 6.54 Å². The van der Waals surface area contributed by atoms with Crippen LogP contribution >= 0.6 is 0 Å². The lowest BCUT2D eigenvalue weighted by Gasteiger charge is -2.18. The molecule has 0 heterocycles. The van der Waals surface area contributed by atoms with Gasteiger partial charge in [-0.25, -0.2) is 0 Å². The van der Waals surface area contributed by atoms with E-state index in [9.17, 15) is 0 Å². The number of nitrogens with one attached hydrogen (secondary N) is 1. The van der Waals surface area contributed by atoms with E-state index in [2.05, 4.69) is 49.5 Å². The van der Waals surface area contributed by atoms with Crippen LogP contribution in [0.5, 0.6) is 0 Å². The van der Waals surface area contributed by atoms with E-state index in [0.717, 1.165) is 13.1 Å². The van der Waals surface area contributed by atoms with Crippen LogP contribution in [0.4, 0.5) is 0 Å². The molecular weight excluding hydrogens is 254 g/mol. The van der Waals surface area contributed by atoms with Gasteiger partial charge in [0.05, 0.1) is 0 Å². The Balaban J connectivity index is 2.26. The Morgan fingerprint density at radius 3 is 2.14 bits per heavy atom. The largest absolute Gasteiger partial charge is 0.316 e. The van der Waals surface area contributed by atoms with E-state index in [1.165, 1.54) is 63.4 Å². The predicted molar refractivity (Wildman–Crippen MR) is 95.0 cm³/mol. The minimum absolute atomic E-state index is 0.688. The summed E-state index contributed by atoms with van der Waals surface area (Å²) in [7, 11) is 0. The zero-order valence-electron chi connectivity index (χ0n) is 14.2. The Morgan fingerprint density at radius 2 is 1.48 bits per heavy atom. The van der Waals surface area contributed by atoms with Gasteiger partial charge in [0.15, 0.2) is 0 Å². The lowest BCUT2D eigenvalue weighted by molar-refractivity contribution is 0.504. The van der Waals surface area contributed by atoms with Crippen molar-refractivity contribution in [3.05, 3.63) is 35.9 Å². The molecule has 0 amide bonds. The molecule has 1 aromatic rings. The molecule has 0 radical (unpaired) electrons. The Bertz CT molecular complexity index is 320. The summed E-state index contributed by atoms with van der Waals surface area (Å²) in [6.45, 7) is 6.79. The summed E-state index contributed by atoms with van der Waals surface area (Å²) in [6, 6.07) is 11.0. The predicted octanol–water partition coefficient (Wildman–Crippen LogP) is 5.91. The molecule has 0 spiro atoms. The molecule has 21 heavy (non-hydrogen) atoms. The summed E-state index contributed by atoms with van der Waals surface area (Å²) in [5.74, 6) is 0.688. The maximum absolute atomic E-state index is 3.60. The van der Waals surface area contributed by atoms with Crippen LogP contribution < -0.4 is 5.32 Å². The fraction of sp³-hybridized carbons (Fsp3) is 0.700. The third kappa shape index (κ3) is 8.93. The number of unbranched alkanes of at least 4 members (excludes halogenated alkanes) is 6. The van der Waals surface area contributed by atoms with E-state index in [1.807, 2.05) is 0 Å². The fourth-order valence-electron chi connectivity index (χ4n) is 2.91. The van der Waals surface area contributed by atoms with Crippen molar-refractivity contribution in [2.75, 3.05) is 13.1 Å². The minimum Gasteiger partial charge on any atom is -0.316 e. The molecule has 0 fully saturated rings. The fourth-order valence-corrected chi connectivity index (χ4v) is 2.91. The first kappa shape index (κ1) is 18.2. The molecule has 1 N–H and O–H groups in total. The van der Waals surface area contributed by atoms with Gasteiger partial charge in [-0.15, -0.1) is 0 Å². The Hall–Kier alpha value is -0.820. The molecule has 0 aromatic heterocycles. The number of rotatable bonds is 13. The van der Waals surface area contributed by atoms with Crippen LogP contribution in [0, 0.1) is 0 Å². The van der Waals surface area contributed by atoms with Crippen molar-refractivity contribution in [3.63, 3.8) is 0 Å². The second-order valence-corrected chi connectivity index (χ2v) is 6.22. The highest BCUT2D eigenvalue weighted by Gasteiger charge is 2.10. The van der Waals surface area contributed by atoms with Crippen LogP contribution in [0.2, 0.25) is 0 Å². The second kappa shape index (κ2) is 12.9. The van der Waals surface area contributed by atoms with Gasteiger partial charge in [-0.05, 0) is 30.9 Å². The Kier molecular flexibility index (Phi) is 11.2. The third-order valence-electron chi connectivity index (χ3n) is 4.24. The van der Waals surface area contributed by atoms with E-state index >= 15 is 0 Å².